The van der Waals surface area contributed by atoms with Crippen molar-refractivity contribution in [3.63, 3.8) is 0 Å². The van der Waals surface area contributed by atoms with E-state index < -0.39 is 35.8 Å². The largest absolute Gasteiger partial charge is 0.368 e. The quantitative estimate of drug-likeness (QED) is 0.317. The summed E-state index contributed by atoms with van der Waals surface area (Å²) in [6.07, 6.45) is 3.46. The maximum absolute atomic E-state index is 12.9. The molecule has 9 heteroatoms. The van der Waals surface area contributed by atoms with Gasteiger partial charge in [-0.05, 0) is 36.3 Å². The lowest BCUT2D eigenvalue weighted by molar-refractivity contribution is -0.132. The van der Waals surface area contributed by atoms with Gasteiger partial charge < -0.3 is 21.7 Å². The molecule has 0 aromatic heterocycles. The van der Waals surface area contributed by atoms with Crippen LogP contribution in [-0.2, 0) is 25.6 Å². The van der Waals surface area contributed by atoms with Gasteiger partial charge in [-0.2, -0.15) is 11.8 Å². The van der Waals surface area contributed by atoms with Gasteiger partial charge in [-0.25, -0.2) is 0 Å². The number of carbonyl (C=O) groups excluding carboxylic acids is 4. The highest BCUT2D eigenvalue weighted by molar-refractivity contribution is 7.98. The van der Waals surface area contributed by atoms with Crippen molar-refractivity contribution in [3.05, 3.63) is 35.9 Å². The van der Waals surface area contributed by atoms with Gasteiger partial charge in [0, 0.05) is 6.42 Å². The standard InChI is InChI=1S/C21H32N4O4S/c1-14(2)11-18(25-20(28)16(23-13-26)9-10-30-3)21(29)24-17(19(22)27)12-15-7-5-4-6-8-15/h4-8,13-14,16-18H,9-12H2,1-3H3,(H2,22,27)(H,23,26)(H,24,29)(H,25,28)/t16-,17-,18-/m0/s1. The first-order chi connectivity index (χ1) is 14.3. The first kappa shape index (κ1) is 25.5. The highest BCUT2D eigenvalue weighted by Crippen LogP contribution is 2.09. The van der Waals surface area contributed by atoms with Crippen LogP contribution < -0.4 is 21.7 Å². The van der Waals surface area contributed by atoms with E-state index in [2.05, 4.69) is 16.0 Å². The van der Waals surface area contributed by atoms with E-state index in [1.54, 1.807) is 11.8 Å². The van der Waals surface area contributed by atoms with Crippen molar-refractivity contribution < 1.29 is 19.2 Å². The molecule has 0 bridgehead atoms. The number of nitrogens with one attached hydrogen (secondary N) is 3. The molecule has 3 atom stereocenters. The summed E-state index contributed by atoms with van der Waals surface area (Å²) in [5.74, 6) is -0.767. The smallest absolute Gasteiger partial charge is 0.243 e. The van der Waals surface area contributed by atoms with Gasteiger partial charge in [-0.1, -0.05) is 44.2 Å². The van der Waals surface area contributed by atoms with Gasteiger partial charge in [0.05, 0.1) is 0 Å². The van der Waals surface area contributed by atoms with Gasteiger partial charge in [0.1, 0.15) is 18.1 Å². The molecule has 0 radical (unpaired) electrons. The van der Waals surface area contributed by atoms with E-state index in [9.17, 15) is 19.2 Å². The number of rotatable bonds is 14. The second kappa shape index (κ2) is 13.6. The predicted octanol–water partition coefficient (Wildman–Crippen LogP) is 0.598. The molecular formula is C21H32N4O4S. The molecule has 4 amide bonds. The number of benzene rings is 1. The van der Waals surface area contributed by atoms with Crippen LogP contribution in [0.15, 0.2) is 30.3 Å². The second-order valence-electron chi connectivity index (χ2n) is 7.46. The Morgan fingerprint density at radius 3 is 2.17 bits per heavy atom. The van der Waals surface area contributed by atoms with Crippen LogP contribution >= 0.6 is 11.8 Å². The molecule has 0 heterocycles. The third-order valence-electron chi connectivity index (χ3n) is 4.48. The van der Waals surface area contributed by atoms with E-state index in [1.165, 1.54) is 0 Å². The monoisotopic (exact) mass is 436 g/mol. The van der Waals surface area contributed by atoms with E-state index in [0.29, 0.717) is 25.0 Å². The number of thioether (sulfide) groups is 1. The molecular weight excluding hydrogens is 404 g/mol. The van der Waals surface area contributed by atoms with Gasteiger partial charge in [0.2, 0.25) is 24.1 Å². The van der Waals surface area contributed by atoms with Crippen molar-refractivity contribution in [3.8, 4) is 0 Å². The molecule has 8 nitrogen and oxygen atoms in total. The van der Waals surface area contributed by atoms with Crippen LogP contribution in [0.5, 0.6) is 0 Å². The normalized spacial score (nSPS) is 13.7. The summed E-state index contributed by atoms with van der Waals surface area (Å²) in [6, 6.07) is 6.75. The fourth-order valence-corrected chi connectivity index (χ4v) is 3.40. The van der Waals surface area contributed by atoms with Gasteiger partial charge in [-0.3, -0.25) is 19.2 Å². The van der Waals surface area contributed by atoms with Crippen molar-refractivity contribution >= 4 is 35.9 Å². The Morgan fingerprint density at radius 2 is 1.63 bits per heavy atom. The number of primary amides is 1. The SMILES string of the molecule is CSCC[C@H](NC=O)C(=O)N[C@@H](CC(C)C)C(=O)N[C@@H](Cc1ccccc1)C(N)=O. The molecule has 0 aliphatic heterocycles. The summed E-state index contributed by atoms with van der Waals surface area (Å²) >= 11 is 1.55. The number of hydrogen-bond donors (Lipinski definition) is 4. The molecule has 0 saturated carbocycles. The van der Waals surface area contributed by atoms with Crippen LogP contribution in [0.4, 0.5) is 0 Å². The fourth-order valence-electron chi connectivity index (χ4n) is 2.93. The maximum atomic E-state index is 12.9. The van der Waals surface area contributed by atoms with Crippen LogP contribution in [-0.4, -0.2) is 54.3 Å². The van der Waals surface area contributed by atoms with Gasteiger partial charge in [-0.15, -0.1) is 0 Å². The molecule has 0 aliphatic carbocycles. The molecule has 166 valence electrons. The van der Waals surface area contributed by atoms with E-state index in [-0.39, 0.29) is 12.3 Å². The molecule has 1 rings (SSSR count). The lowest BCUT2D eigenvalue weighted by atomic mass is 10.0. The van der Waals surface area contributed by atoms with Crippen LogP contribution in [0.2, 0.25) is 0 Å². The van der Waals surface area contributed by atoms with Crippen LogP contribution in [0, 0.1) is 5.92 Å². The zero-order valence-electron chi connectivity index (χ0n) is 17.7. The molecule has 1 aromatic rings. The lowest BCUT2D eigenvalue weighted by Gasteiger charge is -2.25. The number of hydrogen-bond acceptors (Lipinski definition) is 5. The molecule has 1 aromatic carbocycles. The first-order valence-electron chi connectivity index (χ1n) is 9.91. The van der Waals surface area contributed by atoms with Crippen LogP contribution in [0.1, 0.15) is 32.3 Å². The summed E-state index contributed by atoms with van der Waals surface area (Å²) in [5, 5.41) is 7.88. The molecule has 5 N–H and O–H groups in total. The van der Waals surface area contributed by atoms with Gasteiger partial charge in [0.15, 0.2) is 0 Å². The molecule has 0 unspecified atom stereocenters. The Morgan fingerprint density at radius 1 is 1.03 bits per heavy atom. The average molecular weight is 437 g/mol. The zero-order valence-corrected chi connectivity index (χ0v) is 18.5. The van der Waals surface area contributed by atoms with Crippen molar-refractivity contribution in [1.29, 1.82) is 0 Å². The Kier molecular flexibility index (Phi) is 11.6. The number of amides is 4. The highest BCUT2D eigenvalue weighted by Gasteiger charge is 2.28. The third kappa shape index (κ3) is 9.30. The molecule has 0 aliphatic rings. The second-order valence-corrected chi connectivity index (χ2v) is 8.45. The lowest BCUT2D eigenvalue weighted by Crippen LogP contribution is -2.56. The van der Waals surface area contributed by atoms with Crippen LogP contribution in [0.3, 0.4) is 0 Å². The molecule has 0 spiro atoms. The topological polar surface area (TPSA) is 130 Å². The minimum Gasteiger partial charge on any atom is -0.368 e. The summed E-state index contributed by atoms with van der Waals surface area (Å²) in [6.45, 7) is 3.85. The predicted molar refractivity (Wildman–Crippen MR) is 119 cm³/mol. The first-order valence-corrected chi connectivity index (χ1v) is 11.3. The molecule has 0 fully saturated rings. The maximum Gasteiger partial charge on any atom is 0.243 e. The van der Waals surface area contributed by atoms with E-state index >= 15 is 0 Å². The minimum absolute atomic E-state index is 0.117. The summed E-state index contributed by atoms with van der Waals surface area (Å²) < 4.78 is 0. The number of carbonyl (C=O) groups is 4. The fraction of sp³-hybridized carbons (Fsp3) is 0.524. The minimum atomic E-state index is -0.896. The average Bonchev–Trinajstić information content (AvgIpc) is 2.70. The Balaban J connectivity index is 2.88. The van der Waals surface area contributed by atoms with E-state index in [1.807, 2.05) is 50.4 Å². The van der Waals surface area contributed by atoms with Crippen molar-refractivity contribution in [2.75, 3.05) is 12.0 Å². The Labute approximate surface area is 182 Å². The third-order valence-corrected chi connectivity index (χ3v) is 5.12. The Hall–Kier alpha value is -2.55. The van der Waals surface area contributed by atoms with Crippen molar-refractivity contribution in [2.24, 2.45) is 11.7 Å². The van der Waals surface area contributed by atoms with Crippen LogP contribution in [0.25, 0.3) is 0 Å². The zero-order chi connectivity index (χ0) is 22.5. The van der Waals surface area contributed by atoms with E-state index in [4.69, 9.17) is 5.73 Å². The molecule has 0 saturated heterocycles. The van der Waals surface area contributed by atoms with E-state index in [0.717, 1.165) is 5.56 Å². The highest BCUT2D eigenvalue weighted by atomic mass is 32.2. The summed E-state index contributed by atoms with van der Waals surface area (Å²) in [7, 11) is 0. The van der Waals surface area contributed by atoms with Crippen molar-refractivity contribution in [1.82, 2.24) is 16.0 Å². The van der Waals surface area contributed by atoms with Gasteiger partial charge in [0.25, 0.3) is 0 Å². The molecule has 30 heavy (non-hydrogen) atoms. The number of nitrogens with two attached hydrogens (primary N) is 1. The summed E-state index contributed by atoms with van der Waals surface area (Å²) in [4.78, 5) is 48.3. The Bertz CT molecular complexity index is 700. The summed E-state index contributed by atoms with van der Waals surface area (Å²) in [5.41, 5.74) is 6.35. The van der Waals surface area contributed by atoms with Gasteiger partial charge >= 0.3 is 0 Å². The van der Waals surface area contributed by atoms with Crippen molar-refractivity contribution in [2.45, 2.75) is 51.2 Å².